The molecule has 0 aliphatic heterocycles. The van der Waals surface area contributed by atoms with E-state index in [0.29, 0.717) is 0 Å². The molecule has 62 valence electrons. The first-order valence-electron chi connectivity index (χ1n) is 3.43. The second kappa shape index (κ2) is 3.08. The predicted molar refractivity (Wildman–Crippen MR) is 64.3 cm³/mol. The van der Waals surface area contributed by atoms with Gasteiger partial charge in [-0.05, 0) is 40.1 Å². The summed E-state index contributed by atoms with van der Waals surface area (Å²) in [7, 11) is 1.98. The van der Waals surface area contributed by atoms with Gasteiger partial charge in [0.15, 0.2) is 0 Å². The van der Waals surface area contributed by atoms with Crippen molar-refractivity contribution in [1.29, 1.82) is 0 Å². The molecule has 0 amide bonds. The Morgan fingerprint density at radius 3 is 3.08 bits per heavy atom. The zero-order valence-electron chi connectivity index (χ0n) is 6.37. The monoisotopic (exact) mass is 307 g/mol. The third-order valence-corrected chi connectivity index (χ3v) is 4.26. The summed E-state index contributed by atoms with van der Waals surface area (Å²) < 4.78 is 5.42. The molecule has 0 saturated heterocycles. The second-order valence-electron chi connectivity index (χ2n) is 2.57. The fourth-order valence-electron chi connectivity index (χ4n) is 1.08. The highest BCUT2D eigenvalue weighted by atomic mass is 127. The van der Waals surface area contributed by atoms with Crippen molar-refractivity contribution in [2.24, 2.45) is 7.05 Å². The van der Waals surface area contributed by atoms with Crippen LogP contribution in [0.1, 0.15) is 0 Å². The molecule has 0 bridgehead atoms. The van der Waals surface area contributed by atoms with Gasteiger partial charge in [-0.15, -0.1) is 11.3 Å². The third kappa shape index (κ3) is 1.31. The number of rotatable bonds is 0. The number of pyridine rings is 1. The zero-order chi connectivity index (χ0) is 8.72. The Balaban J connectivity index is 2.99. The molecule has 12 heavy (non-hydrogen) atoms. The van der Waals surface area contributed by atoms with Gasteiger partial charge >= 0.3 is 0 Å². The number of fused-ring (bicyclic) bond motifs is 1. The molecular formula is C8H6INS2. The fourth-order valence-corrected chi connectivity index (χ4v) is 3.24. The van der Waals surface area contributed by atoms with Crippen LogP contribution in [-0.4, -0.2) is 4.57 Å². The van der Waals surface area contributed by atoms with E-state index >= 15 is 0 Å². The predicted octanol–water partition coefficient (Wildman–Crippen LogP) is 3.57. The van der Waals surface area contributed by atoms with E-state index in [2.05, 4.69) is 34.7 Å². The van der Waals surface area contributed by atoms with Crippen LogP contribution in [0.2, 0.25) is 0 Å². The number of nitrogens with zero attached hydrogens (tertiary/aromatic N) is 1. The average Bonchev–Trinajstić information content (AvgIpc) is 2.39. The summed E-state index contributed by atoms with van der Waals surface area (Å²) in [5.74, 6) is 0. The number of hydrogen-bond donors (Lipinski definition) is 0. The second-order valence-corrected chi connectivity index (χ2v) is 5.90. The Bertz CT molecular complexity index is 483. The van der Waals surface area contributed by atoms with Crippen LogP contribution in [0.15, 0.2) is 18.3 Å². The van der Waals surface area contributed by atoms with Gasteiger partial charge in [-0.1, -0.05) is 12.2 Å². The van der Waals surface area contributed by atoms with Crippen molar-refractivity contribution in [3.63, 3.8) is 0 Å². The lowest BCUT2D eigenvalue weighted by Crippen LogP contribution is -1.88. The molecule has 1 nitrogen and oxygen atoms in total. The standard InChI is InChI=1S/C8H6INS2/c1-10-3-2-5-4-6(9)12-7(5)8(10)11/h2-4H,1H3. The smallest absolute Gasteiger partial charge is 0.123 e. The van der Waals surface area contributed by atoms with Crippen molar-refractivity contribution in [2.45, 2.75) is 0 Å². The number of thiophene rings is 1. The summed E-state index contributed by atoms with van der Waals surface area (Å²) in [4.78, 5) is 0. The maximum absolute atomic E-state index is 5.28. The number of aryl methyl sites for hydroxylation is 1. The summed E-state index contributed by atoms with van der Waals surface area (Å²) in [6, 6.07) is 4.26. The fraction of sp³-hybridized carbons (Fsp3) is 0.125. The van der Waals surface area contributed by atoms with Gasteiger partial charge < -0.3 is 4.57 Å². The molecule has 0 spiro atoms. The van der Waals surface area contributed by atoms with Crippen LogP contribution in [0.4, 0.5) is 0 Å². The minimum atomic E-state index is 0.931. The normalized spacial score (nSPS) is 10.8. The van der Waals surface area contributed by atoms with E-state index in [0.717, 1.165) is 4.64 Å². The molecular weight excluding hydrogens is 301 g/mol. The quantitative estimate of drug-likeness (QED) is 0.532. The Morgan fingerprint density at radius 1 is 1.58 bits per heavy atom. The van der Waals surface area contributed by atoms with E-state index < -0.39 is 0 Å². The van der Waals surface area contributed by atoms with Gasteiger partial charge in [0.1, 0.15) is 4.64 Å². The molecule has 0 N–H and O–H groups in total. The largest absolute Gasteiger partial charge is 0.341 e. The van der Waals surface area contributed by atoms with Crippen molar-refractivity contribution in [3.8, 4) is 0 Å². The van der Waals surface area contributed by atoms with Gasteiger partial charge in [-0.25, -0.2) is 0 Å². The summed E-state index contributed by atoms with van der Waals surface area (Å²) in [5, 5.41) is 1.26. The Morgan fingerprint density at radius 2 is 2.33 bits per heavy atom. The van der Waals surface area contributed by atoms with Gasteiger partial charge in [0.25, 0.3) is 0 Å². The maximum Gasteiger partial charge on any atom is 0.123 e. The average molecular weight is 307 g/mol. The number of aromatic nitrogens is 1. The molecule has 4 heteroatoms. The zero-order valence-corrected chi connectivity index (χ0v) is 10.2. The Labute approximate surface area is 93.2 Å². The molecule has 0 radical (unpaired) electrons. The van der Waals surface area contributed by atoms with E-state index in [1.54, 1.807) is 11.3 Å². The highest BCUT2D eigenvalue weighted by Gasteiger charge is 2.00. The van der Waals surface area contributed by atoms with E-state index in [1.165, 1.54) is 13.0 Å². The van der Waals surface area contributed by atoms with Crippen LogP contribution in [0, 0.1) is 7.52 Å². The van der Waals surface area contributed by atoms with Crippen LogP contribution in [0.3, 0.4) is 0 Å². The minimum Gasteiger partial charge on any atom is -0.341 e. The first-order valence-corrected chi connectivity index (χ1v) is 5.73. The lowest BCUT2D eigenvalue weighted by atomic mass is 10.3. The Hall–Kier alpha value is 0.0600. The van der Waals surface area contributed by atoms with Gasteiger partial charge in [-0.3, -0.25) is 0 Å². The van der Waals surface area contributed by atoms with Crippen LogP contribution in [0.5, 0.6) is 0 Å². The van der Waals surface area contributed by atoms with Gasteiger partial charge in [-0.2, -0.15) is 0 Å². The SMILES string of the molecule is Cn1ccc2cc(I)sc2c1=S. The van der Waals surface area contributed by atoms with Crippen molar-refractivity contribution in [1.82, 2.24) is 4.57 Å². The van der Waals surface area contributed by atoms with Crippen molar-refractivity contribution in [2.75, 3.05) is 0 Å². The Kier molecular flexibility index (Phi) is 2.22. The van der Waals surface area contributed by atoms with E-state index in [1.807, 2.05) is 17.8 Å². The summed E-state index contributed by atoms with van der Waals surface area (Å²) in [5.41, 5.74) is 0. The molecule has 2 rings (SSSR count). The molecule has 0 atom stereocenters. The van der Waals surface area contributed by atoms with Crippen LogP contribution in [-0.2, 0) is 7.05 Å². The number of halogens is 1. The minimum absolute atomic E-state index is 0.931. The van der Waals surface area contributed by atoms with Gasteiger partial charge in [0.05, 0.1) is 7.58 Å². The topological polar surface area (TPSA) is 4.93 Å². The molecule has 0 aromatic carbocycles. The lowest BCUT2D eigenvalue weighted by Gasteiger charge is -1.96. The maximum atomic E-state index is 5.28. The van der Waals surface area contributed by atoms with Crippen molar-refractivity contribution < 1.29 is 0 Å². The summed E-state index contributed by atoms with van der Waals surface area (Å²) in [6.45, 7) is 0. The number of hydrogen-bond acceptors (Lipinski definition) is 2. The molecule has 0 aliphatic carbocycles. The first-order chi connectivity index (χ1) is 5.68. The van der Waals surface area contributed by atoms with Crippen LogP contribution < -0.4 is 0 Å². The van der Waals surface area contributed by atoms with Crippen LogP contribution in [0.25, 0.3) is 10.1 Å². The van der Waals surface area contributed by atoms with Crippen molar-refractivity contribution in [3.05, 3.63) is 25.9 Å². The third-order valence-electron chi connectivity index (χ3n) is 1.72. The van der Waals surface area contributed by atoms with Gasteiger partial charge in [0.2, 0.25) is 0 Å². The summed E-state index contributed by atoms with van der Waals surface area (Å²) in [6.07, 6.45) is 2.01. The summed E-state index contributed by atoms with van der Waals surface area (Å²) >= 11 is 9.36. The van der Waals surface area contributed by atoms with Crippen LogP contribution >= 0.6 is 46.1 Å². The van der Waals surface area contributed by atoms with Gasteiger partial charge in [0, 0.05) is 13.2 Å². The lowest BCUT2D eigenvalue weighted by molar-refractivity contribution is 0.901. The molecule has 2 aromatic heterocycles. The molecule has 2 aromatic rings. The van der Waals surface area contributed by atoms with Crippen molar-refractivity contribution >= 4 is 56.2 Å². The molecule has 0 fully saturated rings. The highest BCUT2D eigenvalue weighted by Crippen LogP contribution is 2.27. The first kappa shape index (κ1) is 8.65. The molecule has 0 saturated carbocycles. The van der Waals surface area contributed by atoms with E-state index in [-0.39, 0.29) is 0 Å². The molecule has 0 aliphatic rings. The highest BCUT2D eigenvalue weighted by molar-refractivity contribution is 14.1. The van der Waals surface area contributed by atoms with E-state index in [9.17, 15) is 0 Å². The molecule has 2 heterocycles. The molecule has 0 unspecified atom stereocenters. The van der Waals surface area contributed by atoms with E-state index in [4.69, 9.17) is 12.2 Å².